The molecule has 5 heteroatoms. The van der Waals surface area contributed by atoms with E-state index in [1.54, 1.807) is 25.3 Å². The van der Waals surface area contributed by atoms with Crippen molar-refractivity contribution in [1.29, 1.82) is 0 Å². The molecule has 0 fully saturated rings. The van der Waals surface area contributed by atoms with E-state index in [2.05, 4.69) is 31.4 Å². The number of hydrogen-bond acceptors (Lipinski definition) is 3. The normalized spacial score (nSPS) is 11.2. The largest absolute Gasteiger partial charge is 0.495 e. The van der Waals surface area contributed by atoms with Crippen LogP contribution in [0.2, 0.25) is 5.02 Å². The molecular formula is C14H21ClN2O2. The van der Waals surface area contributed by atoms with Crippen LogP contribution in [0.15, 0.2) is 18.2 Å². The zero-order chi connectivity index (χ0) is 14.5. The number of anilines is 1. The lowest BCUT2D eigenvalue weighted by atomic mass is 10.1. The van der Waals surface area contributed by atoms with Gasteiger partial charge in [-0.3, -0.25) is 4.79 Å². The Bertz CT molecular complexity index is 442. The monoisotopic (exact) mass is 284 g/mol. The molecule has 1 aromatic rings. The topological polar surface area (TPSA) is 50.4 Å². The molecule has 0 atom stereocenters. The summed E-state index contributed by atoms with van der Waals surface area (Å²) in [6, 6.07) is 5.15. The molecule has 0 aromatic heterocycles. The first-order chi connectivity index (χ1) is 8.81. The Labute approximate surface area is 119 Å². The summed E-state index contributed by atoms with van der Waals surface area (Å²) in [4.78, 5) is 11.8. The molecule has 0 saturated heterocycles. The predicted octanol–water partition coefficient (Wildman–Crippen LogP) is 3.07. The average molecular weight is 285 g/mol. The quantitative estimate of drug-likeness (QED) is 0.874. The number of benzene rings is 1. The molecule has 0 spiro atoms. The van der Waals surface area contributed by atoms with Crippen molar-refractivity contribution in [2.24, 2.45) is 0 Å². The van der Waals surface area contributed by atoms with E-state index in [1.165, 1.54) is 0 Å². The fourth-order valence-electron chi connectivity index (χ4n) is 1.51. The number of nitrogens with one attached hydrogen (secondary N) is 2. The van der Waals surface area contributed by atoms with Gasteiger partial charge in [-0.25, -0.2) is 0 Å². The highest BCUT2D eigenvalue weighted by atomic mass is 35.5. The molecule has 2 N–H and O–H groups in total. The van der Waals surface area contributed by atoms with Gasteiger partial charge in [-0.05, 0) is 32.9 Å². The second-order valence-electron chi connectivity index (χ2n) is 5.32. The number of halogens is 1. The van der Waals surface area contributed by atoms with Crippen molar-refractivity contribution >= 4 is 23.2 Å². The van der Waals surface area contributed by atoms with Gasteiger partial charge in [-0.15, -0.1) is 0 Å². The highest BCUT2D eigenvalue weighted by molar-refractivity contribution is 6.32. The highest BCUT2D eigenvalue weighted by Crippen LogP contribution is 2.27. The Hall–Kier alpha value is -1.26. The van der Waals surface area contributed by atoms with Crippen LogP contribution >= 0.6 is 11.6 Å². The van der Waals surface area contributed by atoms with E-state index in [4.69, 9.17) is 16.3 Å². The molecule has 0 aliphatic heterocycles. The smallest absolute Gasteiger partial charge is 0.225 e. The van der Waals surface area contributed by atoms with E-state index >= 15 is 0 Å². The second-order valence-corrected chi connectivity index (χ2v) is 5.73. The van der Waals surface area contributed by atoms with Gasteiger partial charge in [-0.2, -0.15) is 0 Å². The number of ether oxygens (including phenoxy) is 1. The van der Waals surface area contributed by atoms with Crippen LogP contribution in [0.4, 0.5) is 5.69 Å². The Kier molecular flexibility index (Phi) is 5.63. The van der Waals surface area contributed by atoms with Crippen LogP contribution in [0.25, 0.3) is 0 Å². The van der Waals surface area contributed by atoms with Crippen molar-refractivity contribution in [3.05, 3.63) is 23.2 Å². The van der Waals surface area contributed by atoms with Crippen molar-refractivity contribution in [2.45, 2.75) is 32.7 Å². The standard InChI is InChI=1S/C14H21ClN2O2/c1-14(2,3)16-8-7-13(18)17-10-5-6-11(15)12(9-10)19-4/h5-6,9,16H,7-8H2,1-4H3,(H,17,18). The van der Waals surface area contributed by atoms with Gasteiger partial charge in [0.2, 0.25) is 5.91 Å². The lowest BCUT2D eigenvalue weighted by Crippen LogP contribution is -2.37. The van der Waals surface area contributed by atoms with Crippen LogP contribution in [-0.4, -0.2) is 25.1 Å². The molecule has 19 heavy (non-hydrogen) atoms. The first kappa shape index (κ1) is 15.8. The van der Waals surface area contributed by atoms with Gasteiger partial charge in [0.05, 0.1) is 12.1 Å². The van der Waals surface area contributed by atoms with Crippen molar-refractivity contribution < 1.29 is 9.53 Å². The Morgan fingerprint density at radius 3 is 2.63 bits per heavy atom. The molecule has 0 unspecified atom stereocenters. The number of carbonyl (C=O) groups is 1. The molecule has 0 heterocycles. The van der Waals surface area contributed by atoms with Crippen LogP contribution in [0.5, 0.6) is 5.75 Å². The molecule has 0 bridgehead atoms. The Morgan fingerprint density at radius 2 is 2.05 bits per heavy atom. The van der Waals surface area contributed by atoms with E-state index in [0.717, 1.165) is 0 Å². The van der Waals surface area contributed by atoms with Gasteiger partial charge in [-0.1, -0.05) is 11.6 Å². The molecular weight excluding hydrogens is 264 g/mol. The van der Waals surface area contributed by atoms with Gasteiger partial charge in [0.15, 0.2) is 0 Å². The van der Waals surface area contributed by atoms with Crippen LogP contribution in [-0.2, 0) is 4.79 Å². The maximum atomic E-state index is 11.8. The number of hydrogen-bond donors (Lipinski definition) is 2. The van der Waals surface area contributed by atoms with E-state index in [-0.39, 0.29) is 11.4 Å². The van der Waals surface area contributed by atoms with E-state index < -0.39 is 0 Å². The van der Waals surface area contributed by atoms with Crippen LogP contribution in [0, 0.1) is 0 Å². The summed E-state index contributed by atoms with van der Waals surface area (Å²) < 4.78 is 5.10. The molecule has 4 nitrogen and oxygen atoms in total. The molecule has 1 aromatic carbocycles. The summed E-state index contributed by atoms with van der Waals surface area (Å²) in [6.45, 7) is 6.83. The first-order valence-electron chi connectivity index (χ1n) is 6.20. The SMILES string of the molecule is COc1cc(NC(=O)CCNC(C)(C)C)ccc1Cl. The van der Waals surface area contributed by atoms with Gasteiger partial charge >= 0.3 is 0 Å². The third kappa shape index (κ3) is 5.94. The fourth-order valence-corrected chi connectivity index (χ4v) is 1.71. The van der Waals surface area contributed by atoms with Crippen LogP contribution < -0.4 is 15.4 Å². The van der Waals surface area contributed by atoms with Crippen LogP contribution in [0.3, 0.4) is 0 Å². The minimum absolute atomic E-state index is 0.0176. The average Bonchev–Trinajstić information content (AvgIpc) is 2.30. The van der Waals surface area contributed by atoms with E-state index in [1.807, 2.05) is 0 Å². The lowest BCUT2D eigenvalue weighted by molar-refractivity contribution is -0.116. The zero-order valence-corrected chi connectivity index (χ0v) is 12.6. The zero-order valence-electron chi connectivity index (χ0n) is 11.8. The second kappa shape index (κ2) is 6.78. The van der Waals surface area contributed by atoms with Crippen molar-refractivity contribution in [2.75, 3.05) is 19.0 Å². The van der Waals surface area contributed by atoms with Gasteiger partial charge < -0.3 is 15.4 Å². The minimum atomic E-state index is -0.0406. The maximum absolute atomic E-state index is 11.8. The van der Waals surface area contributed by atoms with Gasteiger partial charge in [0.1, 0.15) is 5.75 Å². The Balaban J connectivity index is 2.48. The molecule has 0 radical (unpaired) electrons. The first-order valence-corrected chi connectivity index (χ1v) is 6.58. The number of rotatable bonds is 5. The summed E-state index contributed by atoms with van der Waals surface area (Å²) in [5, 5.41) is 6.60. The summed E-state index contributed by atoms with van der Waals surface area (Å²) >= 11 is 5.92. The molecule has 0 aliphatic carbocycles. The summed E-state index contributed by atoms with van der Waals surface area (Å²) in [5.41, 5.74) is 0.700. The molecule has 1 amide bonds. The summed E-state index contributed by atoms with van der Waals surface area (Å²) in [7, 11) is 1.54. The third-order valence-electron chi connectivity index (χ3n) is 2.44. The predicted molar refractivity (Wildman–Crippen MR) is 79.0 cm³/mol. The van der Waals surface area contributed by atoms with Crippen molar-refractivity contribution in [3.8, 4) is 5.75 Å². The van der Waals surface area contributed by atoms with Gasteiger partial charge in [0, 0.05) is 30.3 Å². The lowest BCUT2D eigenvalue weighted by Gasteiger charge is -2.20. The maximum Gasteiger partial charge on any atom is 0.225 e. The third-order valence-corrected chi connectivity index (χ3v) is 2.75. The number of amides is 1. The van der Waals surface area contributed by atoms with Crippen LogP contribution in [0.1, 0.15) is 27.2 Å². The minimum Gasteiger partial charge on any atom is -0.495 e. The Morgan fingerprint density at radius 1 is 1.37 bits per heavy atom. The summed E-state index contributed by atoms with van der Waals surface area (Å²) in [5.74, 6) is 0.508. The van der Waals surface area contributed by atoms with Crippen molar-refractivity contribution in [3.63, 3.8) is 0 Å². The molecule has 1 rings (SSSR count). The number of methoxy groups -OCH3 is 1. The van der Waals surface area contributed by atoms with E-state index in [0.29, 0.717) is 29.4 Å². The van der Waals surface area contributed by atoms with E-state index in [9.17, 15) is 4.79 Å². The molecule has 0 aliphatic rings. The summed E-state index contributed by atoms with van der Waals surface area (Å²) in [6.07, 6.45) is 0.419. The van der Waals surface area contributed by atoms with Gasteiger partial charge in [0.25, 0.3) is 0 Å². The fraction of sp³-hybridized carbons (Fsp3) is 0.500. The molecule has 0 saturated carbocycles. The molecule has 106 valence electrons. The highest BCUT2D eigenvalue weighted by Gasteiger charge is 2.10. The van der Waals surface area contributed by atoms with Crippen molar-refractivity contribution in [1.82, 2.24) is 5.32 Å². The number of carbonyl (C=O) groups excluding carboxylic acids is 1.